The number of nitrogens with one attached hydrogen (secondary N) is 2. The molecule has 1 amide bonds. The number of aromatic amines is 1. The normalized spacial score (nSPS) is 12.3. The molecule has 2 N–H and O–H groups in total. The fourth-order valence-corrected chi connectivity index (χ4v) is 3.62. The number of hydrogen-bond acceptors (Lipinski definition) is 6. The van der Waals surface area contributed by atoms with E-state index in [0.717, 1.165) is 10.4 Å². The number of aromatic nitrogens is 3. The smallest absolute Gasteiger partial charge is 0.241 e. The number of thioether (sulfide) groups is 1. The highest BCUT2D eigenvalue weighted by molar-refractivity contribution is 7.99. The molecule has 1 unspecified atom stereocenters. The minimum atomic E-state index is -0.149. The zero-order valence-electron chi connectivity index (χ0n) is 12.6. The number of carbonyl (C=O) groups excluding carboxylic acids is 1. The average Bonchev–Trinajstić information content (AvgIpc) is 3.29. The van der Waals surface area contributed by atoms with Crippen molar-refractivity contribution in [3.8, 4) is 0 Å². The van der Waals surface area contributed by atoms with Gasteiger partial charge in [-0.25, -0.2) is 10.4 Å². The molecule has 0 aliphatic heterocycles. The molecule has 0 spiro atoms. The topological polar surface area (TPSA) is 83.0 Å². The second-order valence-corrected chi connectivity index (χ2v) is 6.99. The van der Waals surface area contributed by atoms with Gasteiger partial charge in [-0.05, 0) is 17.0 Å². The lowest BCUT2D eigenvalue weighted by atomic mass is 10.1. The zero-order valence-corrected chi connectivity index (χ0v) is 14.3. The Kier molecular flexibility index (Phi) is 5.75. The van der Waals surface area contributed by atoms with Crippen LogP contribution in [0.2, 0.25) is 0 Å². The van der Waals surface area contributed by atoms with E-state index in [1.807, 2.05) is 47.8 Å². The van der Waals surface area contributed by atoms with Gasteiger partial charge in [-0.3, -0.25) is 9.89 Å². The number of thiophene rings is 1. The molecule has 1 atom stereocenters. The van der Waals surface area contributed by atoms with E-state index >= 15 is 0 Å². The van der Waals surface area contributed by atoms with Crippen molar-refractivity contribution in [2.24, 2.45) is 5.10 Å². The second-order valence-electron chi connectivity index (χ2n) is 4.82. The molecule has 6 nitrogen and oxygen atoms in total. The first-order chi connectivity index (χ1) is 11.8. The number of rotatable bonds is 7. The van der Waals surface area contributed by atoms with Crippen LogP contribution in [0.4, 0.5) is 0 Å². The molecule has 0 aliphatic rings. The quantitative estimate of drug-likeness (QED) is 0.386. The molecule has 122 valence electrons. The summed E-state index contributed by atoms with van der Waals surface area (Å²) in [5, 5.41) is 13.2. The van der Waals surface area contributed by atoms with Crippen LogP contribution in [0.15, 0.2) is 64.4 Å². The molecule has 0 bridgehead atoms. The molecule has 1 aromatic carbocycles. The van der Waals surface area contributed by atoms with Crippen molar-refractivity contribution < 1.29 is 4.79 Å². The number of nitrogens with zero attached hydrogens (tertiary/aromatic N) is 3. The summed E-state index contributed by atoms with van der Waals surface area (Å²) in [6, 6.07) is 13.7. The van der Waals surface area contributed by atoms with E-state index in [2.05, 4.69) is 25.7 Å². The Morgan fingerprint density at radius 3 is 2.92 bits per heavy atom. The van der Waals surface area contributed by atoms with E-state index in [4.69, 9.17) is 0 Å². The number of carbonyl (C=O) groups is 1. The van der Waals surface area contributed by atoms with E-state index in [0.29, 0.717) is 5.16 Å². The summed E-state index contributed by atoms with van der Waals surface area (Å²) in [6.45, 7) is 0. The lowest BCUT2D eigenvalue weighted by Crippen LogP contribution is -2.19. The van der Waals surface area contributed by atoms with Gasteiger partial charge in [0.25, 0.3) is 0 Å². The number of benzene rings is 1. The Bertz CT molecular complexity index is 772. The molecule has 8 heteroatoms. The minimum Gasteiger partial charge on any atom is -0.273 e. The molecular weight excluding hydrogens is 342 g/mol. The molecule has 0 saturated carbocycles. The zero-order chi connectivity index (χ0) is 16.6. The van der Waals surface area contributed by atoms with Crippen LogP contribution in [0.25, 0.3) is 0 Å². The fourth-order valence-electron chi connectivity index (χ4n) is 2.03. The molecule has 24 heavy (non-hydrogen) atoms. The van der Waals surface area contributed by atoms with Crippen LogP contribution in [0.5, 0.6) is 0 Å². The van der Waals surface area contributed by atoms with Crippen molar-refractivity contribution in [2.45, 2.75) is 16.8 Å². The Labute approximate surface area is 147 Å². The summed E-state index contributed by atoms with van der Waals surface area (Å²) in [5.41, 5.74) is 3.63. The van der Waals surface area contributed by atoms with Crippen LogP contribution in [-0.2, 0) is 4.79 Å². The maximum atomic E-state index is 12.2. The van der Waals surface area contributed by atoms with Gasteiger partial charge in [0.05, 0.1) is 6.21 Å². The summed E-state index contributed by atoms with van der Waals surface area (Å²) in [5.74, 6) is -0.149. The van der Waals surface area contributed by atoms with Gasteiger partial charge >= 0.3 is 0 Å². The summed E-state index contributed by atoms with van der Waals surface area (Å²) >= 11 is 3.03. The largest absolute Gasteiger partial charge is 0.273 e. The Hall–Kier alpha value is -2.45. The summed E-state index contributed by atoms with van der Waals surface area (Å²) in [7, 11) is 0. The summed E-state index contributed by atoms with van der Waals surface area (Å²) < 4.78 is 0. The number of hydrogen-bond donors (Lipinski definition) is 2. The van der Waals surface area contributed by atoms with Gasteiger partial charge in [-0.1, -0.05) is 48.2 Å². The van der Waals surface area contributed by atoms with Crippen molar-refractivity contribution in [1.82, 2.24) is 20.6 Å². The maximum absolute atomic E-state index is 12.2. The molecule has 0 aliphatic carbocycles. The summed E-state index contributed by atoms with van der Waals surface area (Å²) in [4.78, 5) is 17.3. The first-order valence-electron chi connectivity index (χ1n) is 7.23. The lowest BCUT2D eigenvalue weighted by Gasteiger charge is -2.14. The standard InChI is InChI=1S/C16H15N5OS2/c22-15(20-18-10-13-7-4-8-23-13)9-14(12-5-2-1-3-6-12)24-16-17-11-19-21-16/h1-8,10-11,14H,9H2,(H,20,22)(H,17,19,21). The Morgan fingerprint density at radius 1 is 1.33 bits per heavy atom. The highest BCUT2D eigenvalue weighted by atomic mass is 32.2. The number of amides is 1. The third kappa shape index (κ3) is 4.77. The van der Waals surface area contributed by atoms with Crippen molar-refractivity contribution >= 4 is 35.2 Å². The van der Waals surface area contributed by atoms with Crippen LogP contribution in [0.1, 0.15) is 22.1 Å². The molecule has 3 rings (SSSR count). The summed E-state index contributed by atoms with van der Waals surface area (Å²) in [6.07, 6.45) is 3.39. The van der Waals surface area contributed by atoms with Gasteiger partial charge in [-0.15, -0.1) is 11.3 Å². The first kappa shape index (κ1) is 16.4. The van der Waals surface area contributed by atoms with Crippen molar-refractivity contribution in [2.75, 3.05) is 0 Å². The molecule has 0 fully saturated rings. The number of hydrazone groups is 1. The molecule has 3 aromatic rings. The van der Waals surface area contributed by atoms with Gasteiger partial charge in [-0.2, -0.15) is 10.2 Å². The van der Waals surface area contributed by atoms with Crippen molar-refractivity contribution in [3.63, 3.8) is 0 Å². The highest BCUT2D eigenvalue weighted by Gasteiger charge is 2.18. The van der Waals surface area contributed by atoms with Gasteiger partial charge in [0.1, 0.15) is 6.33 Å². The van der Waals surface area contributed by atoms with Gasteiger partial charge in [0.2, 0.25) is 5.91 Å². The molecular formula is C16H15N5OS2. The predicted octanol–water partition coefficient (Wildman–Crippen LogP) is 3.24. The third-order valence-corrected chi connectivity index (χ3v) is 5.06. The van der Waals surface area contributed by atoms with E-state index in [1.54, 1.807) is 17.6 Å². The lowest BCUT2D eigenvalue weighted by molar-refractivity contribution is -0.121. The van der Waals surface area contributed by atoms with Crippen LogP contribution < -0.4 is 5.43 Å². The Morgan fingerprint density at radius 2 is 2.21 bits per heavy atom. The van der Waals surface area contributed by atoms with E-state index in [9.17, 15) is 4.79 Å². The van der Waals surface area contributed by atoms with E-state index in [-0.39, 0.29) is 17.6 Å². The van der Waals surface area contributed by atoms with E-state index in [1.165, 1.54) is 18.1 Å². The molecule has 2 heterocycles. The van der Waals surface area contributed by atoms with Crippen molar-refractivity contribution in [1.29, 1.82) is 0 Å². The van der Waals surface area contributed by atoms with Gasteiger partial charge in [0.15, 0.2) is 5.16 Å². The second kappa shape index (κ2) is 8.42. The molecule has 2 aromatic heterocycles. The van der Waals surface area contributed by atoms with Gasteiger partial charge < -0.3 is 0 Å². The van der Waals surface area contributed by atoms with E-state index < -0.39 is 0 Å². The third-order valence-electron chi connectivity index (χ3n) is 3.11. The predicted molar refractivity (Wildman–Crippen MR) is 96.1 cm³/mol. The first-order valence-corrected chi connectivity index (χ1v) is 8.99. The van der Waals surface area contributed by atoms with Crippen LogP contribution in [0, 0.1) is 0 Å². The molecule has 0 saturated heterocycles. The maximum Gasteiger partial charge on any atom is 0.241 e. The average molecular weight is 357 g/mol. The van der Waals surface area contributed by atoms with Gasteiger partial charge in [0, 0.05) is 16.5 Å². The minimum absolute atomic E-state index is 0.0731. The highest BCUT2D eigenvalue weighted by Crippen LogP contribution is 2.35. The fraction of sp³-hybridized carbons (Fsp3) is 0.125. The van der Waals surface area contributed by atoms with Crippen LogP contribution >= 0.6 is 23.1 Å². The molecule has 0 radical (unpaired) electrons. The Balaban J connectivity index is 1.63. The number of H-pyrrole nitrogens is 1. The van der Waals surface area contributed by atoms with Crippen LogP contribution in [-0.4, -0.2) is 27.3 Å². The van der Waals surface area contributed by atoms with Crippen LogP contribution in [0.3, 0.4) is 0 Å². The monoisotopic (exact) mass is 357 g/mol. The van der Waals surface area contributed by atoms with Crippen molar-refractivity contribution in [3.05, 3.63) is 64.6 Å². The SMILES string of the molecule is O=C(CC(Sc1ncn[nH]1)c1ccccc1)NN=Cc1cccs1.